The maximum Gasteiger partial charge on any atom is 0.361 e. The summed E-state index contributed by atoms with van der Waals surface area (Å²) in [5.41, 5.74) is 0.0979. The number of aromatic nitrogens is 2. The third kappa shape index (κ3) is 7.03. The monoisotopic (exact) mass is 450 g/mol. The highest BCUT2D eigenvalue weighted by molar-refractivity contribution is 5.90. The first-order valence-corrected chi connectivity index (χ1v) is 10.4. The third-order valence-electron chi connectivity index (χ3n) is 4.30. The Labute approximate surface area is 191 Å². The van der Waals surface area contributed by atoms with Crippen LogP contribution in [0.1, 0.15) is 55.1 Å². The zero-order valence-electron chi connectivity index (χ0n) is 19.0. The molecule has 0 saturated heterocycles. The van der Waals surface area contributed by atoms with E-state index in [4.69, 9.17) is 14.2 Å². The first kappa shape index (κ1) is 23.7. The van der Waals surface area contributed by atoms with E-state index in [0.29, 0.717) is 5.75 Å². The lowest BCUT2D eigenvalue weighted by Crippen LogP contribution is -2.28. The zero-order valence-corrected chi connectivity index (χ0v) is 19.0. The minimum Gasteiger partial charge on any atom is -0.481 e. The van der Waals surface area contributed by atoms with Gasteiger partial charge in [-0.2, -0.15) is 0 Å². The van der Waals surface area contributed by atoms with E-state index in [9.17, 15) is 14.4 Å². The van der Waals surface area contributed by atoms with Crippen LogP contribution in [0.2, 0.25) is 0 Å². The summed E-state index contributed by atoms with van der Waals surface area (Å²) in [6, 6.07) is 16.0. The predicted octanol–water partition coefficient (Wildman–Crippen LogP) is 3.82. The molecule has 0 atom stereocenters. The summed E-state index contributed by atoms with van der Waals surface area (Å²) >= 11 is 0. The van der Waals surface area contributed by atoms with E-state index in [0.717, 1.165) is 11.1 Å². The van der Waals surface area contributed by atoms with E-state index in [1.165, 1.54) is 6.92 Å². The Bertz CT molecular complexity index is 1180. The van der Waals surface area contributed by atoms with Crippen LogP contribution in [0.15, 0.2) is 59.4 Å². The van der Waals surface area contributed by atoms with Crippen molar-refractivity contribution in [3.63, 3.8) is 0 Å². The van der Waals surface area contributed by atoms with Crippen molar-refractivity contribution < 1.29 is 23.8 Å². The second kappa shape index (κ2) is 10.1. The second-order valence-electron chi connectivity index (χ2n) is 8.38. The summed E-state index contributed by atoms with van der Waals surface area (Å²) in [6.07, 6.45) is 0.240. The number of esters is 2. The molecule has 0 aliphatic heterocycles. The molecule has 0 aliphatic carbocycles. The van der Waals surface area contributed by atoms with Gasteiger partial charge in [-0.15, -0.1) is 0 Å². The molecule has 3 rings (SSSR count). The average Bonchev–Trinajstić information content (AvgIpc) is 2.73. The normalized spacial score (nSPS) is 11.0. The number of rotatable bonds is 7. The van der Waals surface area contributed by atoms with Gasteiger partial charge in [0.15, 0.2) is 5.69 Å². The summed E-state index contributed by atoms with van der Waals surface area (Å²) in [4.78, 5) is 43.8. The number of hydrogen-bond acceptors (Lipinski definition) is 7. The van der Waals surface area contributed by atoms with Crippen LogP contribution in [0.4, 0.5) is 0 Å². The van der Waals surface area contributed by atoms with Crippen molar-refractivity contribution >= 4 is 11.9 Å². The molecule has 33 heavy (non-hydrogen) atoms. The molecule has 0 aliphatic rings. The smallest absolute Gasteiger partial charge is 0.361 e. The zero-order chi connectivity index (χ0) is 24.0. The number of aromatic amines is 1. The highest BCUT2D eigenvalue weighted by Gasteiger charge is 2.26. The van der Waals surface area contributed by atoms with Gasteiger partial charge in [-0.25, -0.2) is 9.78 Å². The Morgan fingerprint density at radius 1 is 0.970 bits per heavy atom. The SMILES string of the molecule is CC(=O)Oc1ccc(Cc2nc(C(=O)OC(C)(C)C)c(OCc3ccccc3)c(=O)[nH]2)cc1. The number of H-pyrrole nitrogens is 1. The molecule has 172 valence electrons. The first-order valence-electron chi connectivity index (χ1n) is 10.4. The third-order valence-corrected chi connectivity index (χ3v) is 4.30. The van der Waals surface area contributed by atoms with Crippen LogP contribution < -0.4 is 15.0 Å². The van der Waals surface area contributed by atoms with E-state index in [2.05, 4.69) is 9.97 Å². The van der Waals surface area contributed by atoms with Gasteiger partial charge in [0.2, 0.25) is 5.75 Å². The van der Waals surface area contributed by atoms with Crippen LogP contribution >= 0.6 is 0 Å². The number of ether oxygens (including phenoxy) is 3. The van der Waals surface area contributed by atoms with Gasteiger partial charge in [-0.3, -0.25) is 9.59 Å². The summed E-state index contributed by atoms with van der Waals surface area (Å²) < 4.78 is 16.2. The second-order valence-corrected chi connectivity index (χ2v) is 8.38. The molecule has 2 aromatic carbocycles. The molecule has 0 radical (unpaired) electrons. The van der Waals surface area contributed by atoms with Crippen LogP contribution in [-0.2, 0) is 22.6 Å². The highest BCUT2D eigenvalue weighted by atomic mass is 16.6. The van der Waals surface area contributed by atoms with Gasteiger partial charge in [0, 0.05) is 13.3 Å². The van der Waals surface area contributed by atoms with E-state index in [-0.39, 0.29) is 30.3 Å². The van der Waals surface area contributed by atoms with E-state index < -0.39 is 23.1 Å². The molecule has 1 heterocycles. The fourth-order valence-electron chi connectivity index (χ4n) is 2.96. The Balaban J connectivity index is 1.89. The van der Waals surface area contributed by atoms with Gasteiger partial charge >= 0.3 is 11.9 Å². The topological polar surface area (TPSA) is 108 Å². The minimum atomic E-state index is -0.773. The van der Waals surface area contributed by atoms with Crippen LogP contribution in [0.5, 0.6) is 11.5 Å². The van der Waals surface area contributed by atoms with E-state index in [1.54, 1.807) is 45.0 Å². The quantitative estimate of drug-likeness (QED) is 0.431. The van der Waals surface area contributed by atoms with Gasteiger partial charge in [-0.05, 0) is 44.0 Å². The largest absolute Gasteiger partial charge is 0.481 e. The number of carbonyl (C=O) groups excluding carboxylic acids is 2. The van der Waals surface area contributed by atoms with Crippen LogP contribution in [0, 0.1) is 0 Å². The van der Waals surface area contributed by atoms with Crippen molar-refractivity contribution in [2.24, 2.45) is 0 Å². The Kier molecular flexibility index (Phi) is 7.27. The average molecular weight is 450 g/mol. The van der Waals surface area contributed by atoms with Crippen LogP contribution in [0.3, 0.4) is 0 Å². The molecule has 0 fully saturated rings. The summed E-state index contributed by atoms with van der Waals surface area (Å²) in [6.45, 7) is 6.61. The minimum absolute atomic E-state index is 0.0956. The van der Waals surface area contributed by atoms with Gasteiger partial charge in [0.1, 0.15) is 23.8 Å². The fourth-order valence-corrected chi connectivity index (χ4v) is 2.96. The highest BCUT2D eigenvalue weighted by Crippen LogP contribution is 2.19. The lowest BCUT2D eigenvalue weighted by molar-refractivity contribution is -0.131. The summed E-state index contributed by atoms with van der Waals surface area (Å²) in [5, 5.41) is 0. The van der Waals surface area contributed by atoms with Crippen molar-refractivity contribution in [2.45, 2.75) is 46.3 Å². The molecule has 3 aromatic rings. The fraction of sp³-hybridized carbons (Fsp3) is 0.280. The van der Waals surface area contributed by atoms with Crippen molar-refractivity contribution in [3.8, 4) is 11.5 Å². The van der Waals surface area contributed by atoms with Gasteiger partial charge in [0.25, 0.3) is 5.56 Å². The van der Waals surface area contributed by atoms with Crippen molar-refractivity contribution in [3.05, 3.63) is 87.6 Å². The molecule has 1 N–H and O–H groups in total. The maximum atomic E-state index is 12.8. The van der Waals surface area contributed by atoms with Crippen molar-refractivity contribution in [2.75, 3.05) is 0 Å². The number of benzene rings is 2. The van der Waals surface area contributed by atoms with Gasteiger partial charge in [-0.1, -0.05) is 42.5 Å². The van der Waals surface area contributed by atoms with Gasteiger partial charge < -0.3 is 19.2 Å². The molecule has 8 heteroatoms. The van der Waals surface area contributed by atoms with E-state index in [1.807, 2.05) is 30.3 Å². The summed E-state index contributed by atoms with van der Waals surface area (Å²) in [7, 11) is 0. The molecule has 0 unspecified atom stereocenters. The predicted molar refractivity (Wildman–Crippen MR) is 121 cm³/mol. The molecule has 0 spiro atoms. The molecule has 1 aromatic heterocycles. The van der Waals surface area contributed by atoms with Gasteiger partial charge in [0.05, 0.1) is 0 Å². The first-order chi connectivity index (χ1) is 15.6. The lowest BCUT2D eigenvalue weighted by atomic mass is 10.1. The number of hydrogen-bond donors (Lipinski definition) is 1. The Morgan fingerprint density at radius 3 is 2.24 bits per heavy atom. The van der Waals surface area contributed by atoms with E-state index >= 15 is 0 Å². The molecule has 0 amide bonds. The number of nitrogens with zero attached hydrogens (tertiary/aromatic N) is 1. The molecule has 0 bridgehead atoms. The number of nitrogens with one attached hydrogen (secondary N) is 1. The molecular weight excluding hydrogens is 424 g/mol. The Morgan fingerprint density at radius 2 is 1.64 bits per heavy atom. The lowest BCUT2D eigenvalue weighted by Gasteiger charge is -2.20. The standard InChI is InChI=1S/C25H26N2O6/c1-16(28)32-19-12-10-17(11-13-19)14-20-26-21(24(30)33-25(2,3)4)22(23(29)27-20)31-15-18-8-6-5-7-9-18/h5-13H,14-15H2,1-4H3,(H,26,27,29). The maximum absolute atomic E-state index is 12.8. The van der Waals surface area contributed by atoms with Crippen molar-refractivity contribution in [1.29, 1.82) is 0 Å². The number of carbonyl (C=O) groups is 2. The summed E-state index contributed by atoms with van der Waals surface area (Å²) in [5.74, 6) is -0.674. The molecule has 8 nitrogen and oxygen atoms in total. The van der Waals surface area contributed by atoms with Crippen molar-refractivity contribution in [1.82, 2.24) is 9.97 Å². The van der Waals surface area contributed by atoms with Crippen LogP contribution in [-0.4, -0.2) is 27.5 Å². The Hall–Kier alpha value is -3.94. The molecule has 0 saturated carbocycles. The van der Waals surface area contributed by atoms with Crippen LogP contribution in [0.25, 0.3) is 0 Å². The molecular formula is C25H26N2O6.